The number of hydrogen-bond acceptors (Lipinski definition) is 3. The van der Waals surface area contributed by atoms with E-state index in [0.717, 1.165) is 24.9 Å². The van der Waals surface area contributed by atoms with Crippen LogP contribution in [0.3, 0.4) is 0 Å². The minimum absolute atomic E-state index is 0.0930. The maximum absolute atomic E-state index is 12.4. The molecule has 3 rings (SSSR count). The first-order chi connectivity index (χ1) is 10.7. The van der Waals surface area contributed by atoms with E-state index in [2.05, 4.69) is 16.5 Å². The molecule has 120 valence electrons. The smallest absolute Gasteiger partial charge is 0.226 e. The summed E-state index contributed by atoms with van der Waals surface area (Å²) in [5.74, 6) is 0.0206. The first-order valence-electron chi connectivity index (χ1n) is 8.30. The first kappa shape index (κ1) is 15.3. The van der Waals surface area contributed by atoms with Crippen molar-refractivity contribution in [2.24, 2.45) is 13.0 Å². The van der Waals surface area contributed by atoms with Crippen LogP contribution in [0, 0.1) is 5.92 Å². The molecule has 22 heavy (non-hydrogen) atoms. The molecular formula is C17H25N3O2. The van der Waals surface area contributed by atoms with Crippen molar-refractivity contribution in [3.8, 4) is 0 Å². The minimum atomic E-state index is -0.150. The zero-order valence-electron chi connectivity index (χ0n) is 13.3. The van der Waals surface area contributed by atoms with Gasteiger partial charge in [-0.2, -0.15) is 5.10 Å². The summed E-state index contributed by atoms with van der Waals surface area (Å²) in [5, 5.41) is 7.27. The molecular weight excluding hydrogens is 278 g/mol. The summed E-state index contributed by atoms with van der Waals surface area (Å²) in [4.78, 5) is 12.4. The van der Waals surface area contributed by atoms with Crippen molar-refractivity contribution in [1.82, 2.24) is 15.1 Å². The summed E-state index contributed by atoms with van der Waals surface area (Å²) in [6, 6.07) is 0. The monoisotopic (exact) mass is 303 g/mol. The quantitative estimate of drug-likeness (QED) is 0.850. The van der Waals surface area contributed by atoms with Gasteiger partial charge in [-0.25, -0.2) is 0 Å². The van der Waals surface area contributed by atoms with Crippen molar-refractivity contribution < 1.29 is 9.53 Å². The van der Waals surface area contributed by atoms with Gasteiger partial charge in [-0.15, -0.1) is 0 Å². The average molecular weight is 303 g/mol. The van der Waals surface area contributed by atoms with Crippen molar-refractivity contribution in [2.75, 3.05) is 13.2 Å². The molecule has 1 saturated heterocycles. The summed E-state index contributed by atoms with van der Waals surface area (Å²) >= 11 is 0. The Kier molecular flexibility index (Phi) is 4.93. The van der Waals surface area contributed by atoms with Crippen molar-refractivity contribution in [1.29, 1.82) is 0 Å². The Hall–Kier alpha value is -1.62. The fourth-order valence-electron chi connectivity index (χ4n) is 3.38. The second-order valence-electron chi connectivity index (χ2n) is 6.28. The van der Waals surface area contributed by atoms with Crippen LogP contribution in [-0.4, -0.2) is 28.8 Å². The van der Waals surface area contributed by atoms with Gasteiger partial charge in [0.25, 0.3) is 0 Å². The number of aryl methyl sites for hydroxylation is 1. The van der Waals surface area contributed by atoms with Crippen LogP contribution >= 0.6 is 0 Å². The van der Waals surface area contributed by atoms with E-state index in [0.29, 0.717) is 6.61 Å². The molecule has 2 atom stereocenters. The number of allylic oxidation sites excluding steroid dienone is 1. The van der Waals surface area contributed by atoms with Crippen molar-refractivity contribution in [3.63, 3.8) is 0 Å². The molecule has 2 aliphatic rings. The SMILES string of the molecule is Cn1cc([C@H]2OCC[C@@H]2C(=O)NCCC2=CCCCC2)cn1. The maximum atomic E-state index is 12.4. The summed E-state index contributed by atoms with van der Waals surface area (Å²) in [6.45, 7) is 1.38. The highest BCUT2D eigenvalue weighted by Gasteiger charge is 2.35. The highest BCUT2D eigenvalue weighted by Crippen LogP contribution is 2.34. The van der Waals surface area contributed by atoms with Gasteiger partial charge in [-0.05, 0) is 38.5 Å². The van der Waals surface area contributed by atoms with E-state index in [9.17, 15) is 4.79 Å². The molecule has 0 saturated carbocycles. The molecule has 1 N–H and O–H groups in total. The molecule has 0 bridgehead atoms. The molecule has 1 amide bonds. The molecule has 0 aromatic carbocycles. The molecule has 1 aliphatic heterocycles. The van der Waals surface area contributed by atoms with E-state index in [1.807, 2.05) is 13.2 Å². The molecule has 1 fully saturated rings. The lowest BCUT2D eigenvalue weighted by Crippen LogP contribution is -2.33. The second kappa shape index (κ2) is 7.09. The van der Waals surface area contributed by atoms with Crippen LogP contribution in [0.25, 0.3) is 0 Å². The molecule has 5 nitrogen and oxygen atoms in total. The van der Waals surface area contributed by atoms with Crippen LogP contribution in [0.5, 0.6) is 0 Å². The topological polar surface area (TPSA) is 56.1 Å². The molecule has 1 aliphatic carbocycles. The van der Waals surface area contributed by atoms with Gasteiger partial charge in [-0.3, -0.25) is 9.48 Å². The molecule has 0 radical (unpaired) electrons. The van der Waals surface area contributed by atoms with Gasteiger partial charge in [0.05, 0.1) is 18.2 Å². The lowest BCUT2D eigenvalue weighted by molar-refractivity contribution is -0.126. The van der Waals surface area contributed by atoms with E-state index in [1.165, 1.54) is 31.3 Å². The Bertz CT molecular complexity index is 550. The van der Waals surface area contributed by atoms with Crippen molar-refractivity contribution >= 4 is 5.91 Å². The number of nitrogens with zero attached hydrogens (tertiary/aromatic N) is 2. The standard InChI is InChI=1S/C17H25N3O2/c1-20-12-14(11-19-20)16-15(8-10-22-16)17(21)18-9-7-13-5-3-2-4-6-13/h5,11-12,15-16H,2-4,6-10H2,1H3,(H,18,21)/t15-,16+/m0/s1. The van der Waals surface area contributed by atoms with Gasteiger partial charge in [0.2, 0.25) is 5.91 Å². The van der Waals surface area contributed by atoms with Crippen molar-refractivity contribution in [2.45, 2.75) is 44.6 Å². The van der Waals surface area contributed by atoms with E-state index in [1.54, 1.807) is 10.9 Å². The van der Waals surface area contributed by atoms with Gasteiger partial charge in [0.1, 0.15) is 0 Å². The summed E-state index contributed by atoms with van der Waals surface area (Å²) in [5.41, 5.74) is 2.49. The Labute approximate surface area is 131 Å². The number of nitrogens with one attached hydrogen (secondary N) is 1. The molecule has 5 heteroatoms. The average Bonchev–Trinajstić information content (AvgIpc) is 3.16. The van der Waals surface area contributed by atoms with Crippen LogP contribution in [-0.2, 0) is 16.6 Å². The van der Waals surface area contributed by atoms with Gasteiger partial charge in [-0.1, -0.05) is 11.6 Å². The van der Waals surface area contributed by atoms with Gasteiger partial charge >= 0.3 is 0 Å². The highest BCUT2D eigenvalue weighted by molar-refractivity contribution is 5.79. The number of aromatic nitrogens is 2. The summed E-state index contributed by atoms with van der Waals surface area (Å²) in [7, 11) is 1.88. The Morgan fingerprint density at radius 1 is 1.50 bits per heavy atom. The zero-order valence-corrected chi connectivity index (χ0v) is 13.3. The number of rotatable bonds is 5. The van der Waals surface area contributed by atoms with Gasteiger partial charge in [0, 0.05) is 32.0 Å². The van der Waals surface area contributed by atoms with E-state index in [4.69, 9.17) is 4.74 Å². The highest BCUT2D eigenvalue weighted by atomic mass is 16.5. The number of carbonyl (C=O) groups is 1. The fraction of sp³-hybridized carbons (Fsp3) is 0.647. The van der Waals surface area contributed by atoms with Crippen LogP contribution in [0.15, 0.2) is 24.0 Å². The van der Waals surface area contributed by atoms with E-state index < -0.39 is 0 Å². The Morgan fingerprint density at radius 3 is 3.14 bits per heavy atom. The third-order valence-corrected chi connectivity index (χ3v) is 4.61. The molecule has 1 aromatic rings. The zero-order chi connectivity index (χ0) is 15.4. The van der Waals surface area contributed by atoms with Gasteiger partial charge in [0.15, 0.2) is 0 Å². The van der Waals surface area contributed by atoms with E-state index in [-0.39, 0.29) is 17.9 Å². The van der Waals surface area contributed by atoms with Crippen LogP contribution < -0.4 is 5.32 Å². The number of ether oxygens (including phenoxy) is 1. The predicted molar refractivity (Wildman–Crippen MR) is 84.2 cm³/mol. The summed E-state index contributed by atoms with van der Waals surface area (Å²) < 4.78 is 7.51. The van der Waals surface area contributed by atoms with Crippen LogP contribution in [0.4, 0.5) is 0 Å². The minimum Gasteiger partial charge on any atom is -0.373 e. The molecule has 0 unspecified atom stereocenters. The molecule has 1 aromatic heterocycles. The molecule has 2 heterocycles. The molecule has 0 spiro atoms. The third-order valence-electron chi connectivity index (χ3n) is 4.61. The van der Waals surface area contributed by atoms with E-state index >= 15 is 0 Å². The first-order valence-corrected chi connectivity index (χ1v) is 8.30. The Morgan fingerprint density at radius 2 is 2.41 bits per heavy atom. The fourth-order valence-corrected chi connectivity index (χ4v) is 3.38. The third kappa shape index (κ3) is 3.58. The van der Waals surface area contributed by atoms with Crippen molar-refractivity contribution in [3.05, 3.63) is 29.6 Å². The van der Waals surface area contributed by atoms with Crippen LogP contribution in [0.1, 0.15) is 50.2 Å². The number of hydrogen-bond donors (Lipinski definition) is 1. The van der Waals surface area contributed by atoms with Crippen LogP contribution in [0.2, 0.25) is 0 Å². The predicted octanol–water partition coefficient (Wildman–Crippen LogP) is 2.50. The lowest BCUT2D eigenvalue weighted by Gasteiger charge is -2.18. The second-order valence-corrected chi connectivity index (χ2v) is 6.28. The lowest BCUT2D eigenvalue weighted by atomic mass is 9.95. The largest absolute Gasteiger partial charge is 0.373 e. The van der Waals surface area contributed by atoms with Gasteiger partial charge < -0.3 is 10.1 Å². The number of amides is 1. The number of carbonyl (C=O) groups excluding carboxylic acids is 1. The maximum Gasteiger partial charge on any atom is 0.226 e. The summed E-state index contributed by atoms with van der Waals surface area (Å²) in [6.07, 6.45) is 12.7. The normalized spacial score (nSPS) is 25.0. The Balaban J connectivity index is 1.51.